The van der Waals surface area contributed by atoms with Gasteiger partial charge in [-0.3, -0.25) is 4.79 Å². The monoisotopic (exact) mass is 379 g/mol. The molecule has 2 aromatic heterocycles. The Balaban J connectivity index is 1.68. The lowest BCUT2D eigenvalue weighted by Gasteiger charge is -2.22. The number of rotatable bonds is 8. The number of nitrogens with one attached hydrogen (secondary N) is 2. The van der Waals surface area contributed by atoms with Crippen molar-refractivity contribution in [3.8, 4) is 0 Å². The van der Waals surface area contributed by atoms with E-state index < -0.39 is 0 Å². The zero-order chi connectivity index (χ0) is 19.9. The maximum absolute atomic E-state index is 12.6. The van der Waals surface area contributed by atoms with Gasteiger partial charge in [0.05, 0.1) is 12.8 Å². The summed E-state index contributed by atoms with van der Waals surface area (Å²) in [4.78, 5) is 23.1. The van der Waals surface area contributed by atoms with Gasteiger partial charge >= 0.3 is 0 Å². The Kier molecular flexibility index (Phi) is 6.26. The molecule has 0 atom stereocenters. The van der Waals surface area contributed by atoms with Crippen LogP contribution < -0.4 is 15.5 Å². The average molecular weight is 379 g/mol. The number of aryl methyl sites for hydroxylation is 1. The highest BCUT2D eigenvalue weighted by atomic mass is 16.3. The van der Waals surface area contributed by atoms with E-state index in [0.29, 0.717) is 18.1 Å². The van der Waals surface area contributed by atoms with E-state index in [1.807, 2.05) is 31.2 Å². The van der Waals surface area contributed by atoms with Crippen molar-refractivity contribution in [3.63, 3.8) is 0 Å². The molecule has 7 nitrogen and oxygen atoms in total. The van der Waals surface area contributed by atoms with Gasteiger partial charge in [0, 0.05) is 30.5 Å². The van der Waals surface area contributed by atoms with E-state index in [2.05, 4.69) is 45.4 Å². The summed E-state index contributed by atoms with van der Waals surface area (Å²) in [5.74, 6) is 1.07. The van der Waals surface area contributed by atoms with Crippen LogP contribution in [-0.4, -0.2) is 29.0 Å². The number of anilines is 3. The van der Waals surface area contributed by atoms with Gasteiger partial charge in [0.25, 0.3) is 5.91 Å². The molecule has 0 spiro atoms. The molecule has 28 heavy (non-hydrogen) atoms. The van der Waals surface area contributed by atoms with Crippen molar-refractivity contribution in [3.05, 3.63) is 66.0 Å². The Hall–Kier alpha value is -3.35. The summed E-state index contributed by atoms with van der Waals surface area (Å²) in [6, 6.07) is 11.3. The summed E-state index contributed by atoms with van der Waals surface area (Å²) in [6.07, 6.45) is 2.99. The predicted octanol–water partition coefficient (Wildman–Crippen LogP) is 4.09. The van der Waals surface area contributed by atoms with Gasteiger partial charge in [-0.1, -0.05) is 0 Å². The largest absolute Gasteiger partial charge is 0.467 e. The Morgan fingerprint density at radius 1 is 1.14 bits per heavy atom. The van der Waals surface area contributed by atoms with Gasteiger partial charge in [-0.05, 0) is 56.7 Å². The van der Waals surface area contributed by atoms with Gasteiger partial charge < -0.3 is 20.0 Å². The number of aromatic nitrogens is 2. The van der Waals surface area contributed by atoms with E-state index in [4.69, 9.17) is 4.42 Å². The van der Waals surface area contributed by atoms with Crippen LogP contribution in [0.5, 0.6) is 0 Å². The summed E-state index contributed by atoms with van der Waals surface area (Å²) in [6.45, 7) is 8.60. The van der Waals surface area contributed by atoms with Crippen LogP contribution in [0.2, 0.25) is 0 Å². The molecule has 2 heterocycles. The molecule has 0 aliphatic rings. The SMILES string of the molecule is CCN(CC)c1ccc(NC(=O)c2cc(NCc3ccco3)ncn2)c(C)c1. The van der Waals surface area contributed by atoms with E-state index in [1.54, 1.807) is 12.3 Å². The fourth-order valence-electron chi connectivity index (χ4n) is 2.93. The number of carbonyl (C=O) groups excluding carboxylic acids is 1. The van der Waals surface area contributed by atoms with Gasteiger partial charge in [0.15, 0.2) is 0 Å². The number of nitrogens with zero attached hydrogens (tertiary/aromatic N) is 3. The normalized spacial score (nSPS) is 10.5. The van der Waals surface area contributed by atoms with Crippen molar-refractivity contribution in [1.82, 2.24) is 9.97 Å². The molecule has 3 aromatic rings. The summed E-state index contributed by atoms with van der Waals surface area (Å²) in [7, 11) is 0. The standard InChI is InChI=1S/C21H25N5O2/c1-4-26(5-2)16-8-9-18(15(3)11-16)25-21(27)19-12-20(24-14-23-19)22-13-17-7-6-10-28-17/h6-12,14H,4-5,13H2,1-3H3,(H,25,27)(H,22,23,24). The van der Waals surface area contributed by atoms with E-state index in [9.17, 15) is 4.79 Å². The highest BCUT2D eigenvalue weighted by molar-refractivity contribution is 6.03. The quantitative estimate of drug-likeness (QED) is 0.613. The number of hydrogen-bond acceptors (Lipinski definition) is 6. The second-order valence-corrected chi connectivity index (χ2v) is 6.35. The summed E-state index contributed by atoms with van der Waals surface area (Å²) >= 11 is 0. The molecule has 0 bridgehead atoms. The van der Waals surface area contributed by atoms with Crippen molar-refractivity contribution >= 4 is 23.1 Å². The maximum Gasteiger partial charge on any atom is 0.274 e. The third-order valence-corrected chi connectivity index (χ3v) is 4.51. The van der Waals surface area contributed by atoms with Crippen molar-refractivity contribution in [2.24, 2.45) is 0 Å². The lowest BCUT2D eigenvalue weighted by molar-refractivity contribution is 0.102. The van der Waals surface area contributed by atoms with Gasteiger partial charge in [-0.2, -0.15) is 0 Å². The molecule has 146 valence electrons. The fourth-order valence-corrected chi connectivity index (χ4v) is 2.93. The van der Waals surface area contributed by atoms with Crippen LogP contribution in [0.4, 0.5) is 17.2 Å². The Bertz CT molecular complexity index is 920. The molecule has 0 saturated carbocycles. The van der Waals surface area contributed by atoms with Gasteiger partial charge in [-0.15, -0.1) is 0 Å². The number of hydrogen-bond donors (Lipinski definition) is 2. The number of benzene rings is 1. The van der Waals surface area contributed by atoms with Crippen LogP contribution in [0.3, 0.4) is 0 Å². The third kappa shape index (κ3) is 4.68. The predicted molar refractivity (Wildman–Crippen MR) is 111 cm³/mol. The van der Waals surface area contributed by atoms with Gasteiger partial charge in [0.2, 0.25) is 0 Å². The smallest absolute Gasteiger partial charge is 0.274 e. The summed E-state index contributed by atoms with van der Waals surface area (Å²) in [5.41, 5.74) is 3.21. The van der Waals surface area contributed by atoms with Crippen molar-refractivity contribution < 1.29 is 9.21 Å². The van der Waals surface area contributed by atoms with Crippen molar-refractivity contribution in [2.45, 2.75) is 27.3 Å². The van der Waals surface area contributed by atoms with Crippen LogP contribution in [0, 0.1) is 6.92 Å². The molecule has 0 saturated heterocycles. The molecular weight excluding hydrogens is 354 g/mol. The molecule has 0 aliphatic heterocycles. The van der Waals surface area contributed by atoms with Crippen LogP contribution in [0.15, 0.2) is 53.4 Å². The van der Waals surface area contributed by atoms with Crippen molar-refractivity contribution in [2.75, 3.05) is 28.6 Å². The lowest BCUT2D eigenvalue weighted by Crippen LogP contribution is -2.22. The van der Waals surface area contributed by atoms with E-state index in [1.165, 1.54) is 6.33 Å². The first-order valence-electron chi connectivity index (χ1n) is 9.36. The number of carbonyl (C=O) groups is 1. The molecule has 7 heteroatoms. The minimum absolute atomic E-state index is 0.276. The molecular formula is C21H25N5O2. The number of amides is 1. The van der Waals surface area contributed by atoms with Gasteiger partial charge in [-0.25, -0.2) is 9.97 Å². The average Bonchev–Trinajstić information content (AvgIpc) is 3.23. The molecule has 0 radical (unpaired) electrons. The second-order valence-electron chi connectivity index (χ2n) is 6.35. The first-order valence-corrected chi connectivity index (χ1v) is 9.36. The molecule has 3 rings (SSSR count). The van der Waals surface area contributed by atoms with Crippen molar-refractivity contribution in [1.29, 1.82) is 0 Å². The third-order valence-electron chi connectivity index (χ3n) is 4.51. The van der Waals surface area contributed by atoms with Crippen LogP contribution in [0.1, 0.15) is 35.7 Å². The molecule has 1 aromatic carbocycles. The zero-order valence-corrected chi connectivity index (χ0v) is 16.4. The first kappa shape index (κ1) is 19.4. The van der Waals surface area contributed by atoms with Crippen LogP contribution >= 0.6 is 0 Å². The highest BCUT2D eigenvalue weighted by Gasteiger charge is 2.12. The Labute approximate surface area is 164 Å². The molecule has 0 fully saturated rings. The highest BCUT2D eigenvalue weighted by Crippen LogP contribution is 2.23. The zero-order valence-electron chi connectivity index (χ0n) is 16.4. The summed E-state index contributed by atoms with van der Waals surface area (Å²) < 4.78 is 5.28. The minimum Gasteiger partial charge on any atom is -0.467 e. The minimum atomic E-state index is -0.276. The topological polar surface area (TPSA) is 83.3 Å². The molecule has 0 unspecified atom stereocenters. The molecule has 1 amide bonds. The number of furan rings is 1. The van der Waals surface area contributed by atoms with E-state index in [-0.39, 0.29) is 5.91 Å². The molecule has 2 N–H and O–H groups in total. The lowest BCUT2D eigenvalue weighted by atomic mass is 10.1. The van der Waals surface area contributed by atoms with Gasteiger partial charge in [0.1, 0.15) is 23.6 Å². The Morgan fingerprint density at radius 3 is 2.64 bits per heavy atom. The van der Waals surface area contributed by atoms with E-state index in [0.717, 1.165) is 35.8 Å². The fraction of sp³-hybridized carbons (Fsp3) is 0.286. The second kappa shape index (κ2) is 9.03. The first-order chi connectivity index (χ1) is 13.6. The Morgan fingerprint density at radius 2 is 1.96 bits per heavy atom. The van der Waals surface area contributed by atoms with Crippen LogP contribution in [-0.2, 0) is 6.54 Å². The van der Waals surface area contributed by atoms with E-state index >= 15 is 0 Å². The maximum atomic E-state index is 12.6. The van der Waals surface area contributed by atoms with Crippen LogP contribution in [0.25, 0.3) is 0 Å². The molecule has 0 aliphatic carbocycles. The summed E-state index contributed by atoms with van der Waals surface area (Å²) in [5, 5.41) is 6.05.